The number of nitrogens with two attached hydrogens (primary N) is 1. The molecule has 20 heavy (non-hydrogen) atoms. The number of nitro benzene ring substituents is 1. The van der Waals surface area contributed by atoms with Gasteiger partial charge >= 0.3 is 0 Å². The van der Waals surface area contributed by atoms with Crippen molar-refractivity contribution in [1.82, 2.24) is 4.81 Å². The Balaban J connectivity index is 2.30. The predicted molar refractivity (Wildman–Crippen MR) is 78.9 cm³/mol. The number of nitrogens with zero attached hydrogens (tertiary/aromatic N) is 2. The molecule has 2 N–H and O–H groups in total. The molecule has 1 aliphatic rings. The average molecular weight is 272 g/mol. The molecule has 0 saturated carbocycles. The highest BCUT2D eigenvalue weighted by atomic mass is 16.6. The van der Waals surface area contributed by atoms with Gasteiger partial charge in [-0.25, -0.2) is 0 Å². The summed E-state index contributed by atoms with van der Waals surface area (Å²) >= 11 is 0. The van der Waals surface area contributed by atoms with E-state index in [4.69, 9.17) is 5.73 Å². The van der Waals surface area contributed by atoms with Gasteiger partial charge < -0.3 is 15.3 Å². The van der Waals surface area contributed by atoms with E-state index in [0.717, 1.165) is 30.3 Å². The summed E-state index contributed by atoms with van der Waals surface area (Å²) in [6.45, 7) is 3.12. The first kappa shape index (κ1) is 14.3. The van der Waals surface area contributed by atoms with E-state index >= 15 is 0 Å². The minimum atomic E-state index is -0.457. The third-order valence-corrected chi connectivity index (χ3v) is 3.44. The lowest BCUT2D eigenvalue weighted by molar-refractivity contribution is -0.383. The van der Waals surface area contributed by atoms with Gasteiger partial charge in [0.2, 0.25) is 0 Å². The van der Waals surface area contributed by atoms with Gasteiger partial charge in [-0.3, -0.25) is 10.1 Å². The largest absolute Gasteiger partial charge is 0.393 e. The molecule has 103 valence electrons. The van der Waals surface area contributed by atoms with Gasteiger partial charge in [-0.1, -0.05) is 6.08 Å². The first-order valence-electron chi connectivity index (χ1n) is 6.29. The zero-order chi connectivity index (χ0) is 14.7. The molecule has 1 aromatic rings. The van der Waals surface area contributed by atoms with Crippen LogP contribution in [0.4, 0.5) is 11.4 Å². The molecule has 1 heterocycles. The Labute approximate surface area is 117 Å². The minimum absolute atomic E-state index is 0.0530. The van der Waals surface area contributed by atoms with Crippen molar-refractivity contribution in [2.45, 2.75) is 13.3 Å². The Kier molecular flexibility index (Phi) is 4.19. The first-order valence-corrected chi connectivity index (χ1v) is 6.29. The van der Waals surface area contributed by atoms with E-state index in [9.17, 15) is 14.9 Å². The molecule has 0 aliphatic carbocycles. The molecule has 7 heteroatoms. The number of hydrogen-bond acceptors (Lipinski definition) is 5. The molecule has 0 saturated heterocycles. The van der Waals surface area contributed by atoms with E-state index < -0.39 is 4.92 Å². The summed E-state index contributed by atoms with van der Waals surface area (Å²) in [6, 6.07) is 3.39. The molecule has 6 nitrogen and oxygen atoms in total. The van der Waals surface area contributed by atoms with Gasteiger partial charge in [-0.05, 0) is 42.7 Å². The highest BCUT2D eigenvalue weighted by Crippen LogP contribution is 2.31. The summed E-state index contributed by atoms with van der Waals surface area (Å²) in [4.78, 5) is 22.9. The Morgan fingerprint density at radius 2 is 2.25 bits per heavy atom. The molecule has 0 aromatic heterocycles. The normalized spacial score (nSPS) is 15.6. The fourth-order valence-corrected chi connectivity index (χ4v) is 2.28. The van der Waals surface area contributed by atoms with Crippen molar-refractivity contribution in [3.63, 3.8) is 0 Å². The van der Waals surface area contributed by atoms with Crippen LogP contribution in [0.1, 0.15) is 17.5 Å². The Morgan fingerprint density at radius 1 is 1.50 bits per heavy atom. The lowest BCUT2D eigenvalue weighted by atomic mass is 9.89. The van der Waals surface area contributed by atoms with Crippen LogP contribution < -0.4 is 5.73 Å². The maximum atomic E-state index is 11.0. The molecule has 0 bridgehead atoms. The van der Waals surface area contributed by atoms with Crippen molar-refractivity contribution in [2.24, 2.45) is 0 Å². The van der Waals surface area contributed by atoms with Gasteiger partial charge in [-0.2, -0.15) is 0 Å². The number of anilines is 1. The van der Waals surface area contributed by atoms with Gasteiger partial charge in [0.25, 0.3) is 13.1 Å². The summed E-state index contributed by atoms with van der Waals surface area (Å²) < 4.78 is 0. The van der Waals surface area contributed by atoms with Crippen LogP contribution in [-0.2, 0) is 4.79 Å². The van der Waals surface area contributed by atoms with E-state index in [0.29, 0.717) is 12.1 Å². The quantitative estimate of drug-likeness (QED) is 0.294. The average Bonchev–Trinajstić information content (AvgIpc) is 2.42. The summed E-state index contributed by atoms with van der Waals surface area (Å²) in [5.41, 5.74) is 8.47. The van der Waals surface area contributed by atoms with Crippen molar-refractivity contribution in [2.75, 3.05) is 18.8 Å². The van der Waals surface area contributed by atoms with Crippen LogP contribution in [0.25, 0.3) is 5.57 Å². The molecule has 2 rings (SSSR count). The Morgan fingerprint density at radius 3 is 2.80 bits per heavy atom. The molecular formula is C13H15BN3O3. The summed E-state index contributed by atoms with van der Waals surface area (Å²) in [6.07, 6.45) is 3.49. The van der Waals surface area contributed by atoms with Crippen LogP contribution in [0.3, 0.4) is 0 Å². The second kappa shape index (κ2) is 5.87. The second-order valence-electron chi connectivity index (χ2n) is 4.74. The van der Waals surface area contributed by atoms with E-state index in [1.54, 1.807) is 6.92 Å². The summed E-state index contributed by atoms with van der Waals surface area (Å²) in [7, 11) is 1.50. The van der Waals surface area contributed by atoms with Crippen LogP contribution in [0.2, 0.25) is 0 Å². The zero-order valence-electron chi connectivity index (χ0n) is 11.2. The van der Waals surface area contributed by atoms with E-state index in [1.807, 2.05) is 17.0 Å². The van der Waals surface area contributed by atoms with Crippen LogP contribution in [0.5, 0.6) is 0 Å². The van der Waals surface area contributed by atoms with Crippen molar-refractivity contribution < 1.29 is 9.72 Å². The minimum Gasteiger partial charge on any atom is -0.393 e. The number of rotatable bonds is 4. The number of nitrogen functional groups attached to an aromatic ring is 1. The van der Waals surface area contributed by atoms with Gasteiger partial charge in [0, 0.05) is 12.6 Å². The number of benzene rings is 1. The predicted octanol–water partition coefficient (Wildman–Crippen LogP) is 1.38. The molecule has 0 spiro atoms. The van der Waals surface area contributed by atoms with Crippen LogP contribution >= 0.6 is 0 Å². The Hall–Kier alpha value is -2.15. The number of aryl methyl sites for hydroxylation is 1. The van der Waals surface area contributed by atoms with Crippen molar-refractivity contribution in [3.8, 4) is 0 Å². The summed E-state index contributed by atoms with van der Waals surface area (Å²) in [5, 5.41) is 11.0. The SMILES string of the molecule is Cc1cc(C2=CCN([B]C=O)CC2)cc([N+](=O)[O-])c1N. The topological polar surface area (TPSA) is 89.5 Å². The lowest BCUT2D eigenvalue weighted by Gasteiger charge is -2.24. The van der Waals surface area contributed by atoms with E-state index in [1.165, 1.54) is 13.5 Å². The van der Waals surface area contributed by atoms with Gasteiger partial charge in [0.15, 0.2) is 0 Å². The highest BCUT2D eigenvalue weighted by molar-refractivity contribution is 6.64. The Bertz CT molecular complexity index is 586. The van der Waals surface area contributed by atoms with Crippen molar-refractivity contribution in [1.29, 1.82) is 0 Å². The lowest BCUT2D eigenvalue weighted by Crippen LogP contribution is -2.32. The smallest absolute Gasteiger partial charge is 0.293 e. The number of hydrogen-bond donors (Lipinski definition) is 1. The molecular weight excluding hydrogens is 257 g/mol. The van der Waals surface area contributed by atoms with Crippen LogP contribution in [0.15, 0.2) is 18.2 Å². The van der Waals surface area contributed by atoms with E-state index in [2.05, 4.69) is 0 Å². The van der Waals surface area contributed by atoms with Crippen LogP contribution in [0, 0.1) is 17.0 Å². The second-order valence-corrected chi connectivity index (χ2v) is 4.74. The van der Waals surface area contributed by atoms with Crippen LogP contribution in [-0.4, -0.2) is 36.4 Å². The van der Waals surface area contributed by atoms with Gasteiger partial charge in [-0.15, -0.1) is 0 Å². The van der Waals surface area contributed by atoms with Crippen molar-refractivity contribution >= 4 is 30.5 Å². The third-order valence-electron chi connectivity index (χ3n) is 3.44. The standard InChI is InChI=1S/C13H15BN3O3/c1-9-6-11(7-12(13(9)15)17(19)20)10-2-4-16(5-3-10)14-8-18/h2,6-8H,3-5,15H2,1H3. The monoisotopic (exact) mass is 272 g/mol. The number of carbonyl (C=O) groups is 1. The van der Waals surface area contributed by atoms with Gasteiger partial charge in [0.05, 0.1) is 11.1 Å². The molecule has 0 unspecified atom stereocenters. The molecule has 1 aromatic carbocycles. The number of nitro groups is 1. The maximum Gasteiger partial charge on any atom is 0.293 e. The molecule has 0 fully saturated rings. The molecule has 1 aliphatic heterocycles. The van der Waals surface area contributed by atoms with Gasteiger partial charge in [0.1, 0.15) is 5.69 Å². The first-order chi connectivity index (χ1) is 9.52. The fraction of sp³-hybridized carbons (Fsp3) is 0.308. The summed E-state index contributed by atoms with van der Waals surface area (Å²) in [5.74, 6) is 0. The van der Waals surface area contributed by atoms with Crippen molar-refractivity contribution in [3.05, 3.63) is 39.4 Å². The maximum absolute atomic E-state index is 11.0. The van der Waals surface area contributed by atoms with E-state index in [-0.39, 0.29) is 11.4 Å². The number of carbonyl (C=O) groups excluding carboxylic acids is 1. The zero-order valence-corrected chi connectivity index (χ0v) is 11.2. The molecule has 0 amide bonds. The molecule has 0 atom stereocenters. The fourth-order valence-electron chi connectivity index (χ4n) is 2.28. The third kappa shape index (κ3) is 2.88. The molecule has 1 radical (unpaired) electrons. The highest BCUT2D eigenvalue weighted by Gasteiger charge is 2.19.